The number of hydrogen-bond donors (Lipinski definition) is 0. The lowest BCUT2D eigenvalue weighted by atomic mass is 10.1. The van der Waals surface area contributed by atoms with E-state index in [9.17, 15) is 4.39 Å². The van der Waals surface area contributed by atoms with Gasteiger partial charge >= 0.3 is 0 Å². The zero-order valence-electron chi connectivity index (χ0n) is 18.7. The van der Waals surface area contributed by atoms with Crippen molar-refractivity contribution in [3.8, 4) is 23.0 Å². The van der Waals surface area contributed by atoms with E-state index in [0.717, 1.165) is 5.56 Å². The van der Waals surface area contributed by atoms with Gasteiger partial charge in [0.05, 0.1) is 5.56 Å². The van der Waals surface area contributed by atoms with E-state index in [1.54, 1.807) is 25.2 Å². The Balaban J connectivity index is 1.36. The van der Waals surface area contributed by atoms with Crippen LogP contribution in [-0.2, 0) is 18.5 Å². The summed E-state index contributed by atoms with van der Waals surface area (Å²) >= 11 is 6.18. The van der Waals surface area contributed by atoms with Crippen molar-refractivity contribution in [2.24, 2.45) is 12.2 Å². The Kier molecular flexibility index (Phi) is 6.63. The van der Waals surface area contributed by atoms with Gasteiger partial charge in [0.2, 0.25) is 5.82 Å². The zero-order valence-corrected chi connectivity index (χ0v) is 19.5. The highest BCUT2D eigenvalue weighted by molar-refractivity contribution is 6.30. The van der Waals surface area contributed by atoms with Crippen molar-refractivity contribution >= 4 is 17.3 Å². The third-order valence-electron chi connectivity index (χ3n) is 4.90. The number of ether oxygens (including phenoxy) is 1. The molecule has 0 amide bonds. The number of nitrogens with zero attached hydrogens (tertiary/aromatic N) is 7. The smallest absolute Gasteiger partial charge is 0.257 e. The van der Waals surface area contributed by atoms with E-state index in [0.29, 0.717) is 33.6 Å². The Hall–Kier alpha value is -4.64. The molecule has 5 aromatic rings. The van der Waals surface area contributed by atoms with Gasteiger partial charge in [-0.05, 0) is 52.9 Å². The normalized spacial score (nSPS) is 11.5. The number of halogens is 2. The molecule has 0 bridgehead atoms. The van der Waals surface area contributed by atoms with Gasteiger partial charge in [-0.25, -0.2) is 9.07 Å². The Labute approximate surface area is 208 Å². The van der Waals surface area contributed by atoms with E-state index in [-0.39, 0.29) is 24.2 Å². The molecule has 0 aliphatic rings. The quantitative estimate of drug-likeness (QED) is 0.218. The molecule has 12 heteroatoms. The number of aromatic nitrogens is 6. The summed E-state index contributed by atoms with van der Waals surface area (Å²) in [5.74, 6) is 1.23. The van der Waals surface area contributed by atoms with E-state index in [2.05, 4.69) is 30.9 Å². The second kappa shape index (κ2) is 10.3. The van der Waals surface area contributed by atoms with Crippen molar-refractivity contribution in [2.75, 3.05) is 0 Å². The van der Waals surface area contributed by atoms with Crippen molar-refractivity contribution < 1.29 is 18.4 Å². The number of rotatable bonds is 8. The number of benzene rings is 3. The summed E-state index contributed by atoms with van der Waals surface area (Å²) < 4.78 is 26.4. The molecule has 0 atom stereocenters. The second-order valence-electron chi connectivity index (χ2n) is 7.40. The molecular weight excluding hydrogens is 489 g/mol. The lowest BCUT2D eigenvalue weighted by molar-refractivity contribution is 0.111. The third-order valence-corrected chi connectivity index (χ3v) is 5.14. The molecule has 0 unspecified atom stereocenters. The minimum atomic E-state index is -0.367. The van der Waals surface area contributed by atoms with Gasteiger partial charge in [0.1, 0.15) is 17.3 Å². The van der Waals surface area contributed by atoms with Crippen molar-refractivity contribution in [1.29, 1.82) is 0 Å². The minimum Gasteiger partial charge on any atom is -0.457 e. The third kappa shape index (κ3) is 5.20. The van der Waals surface area contributed by atoms with E-state index in [4.69, 9.17) is 25.6 Å². The summed E-state index contributed by atoms with van der Waals surface area (Å²) in [6, 6.07) is 19.9. The Bertz CT molecular complexity index is 1500. The molecule has 0 radical (unpaired) electrons. The van der Waals surface area contributed by atoms with Crippen molar-refractivity contribution in [3.63, 3.8) is 0 Å². The van der Waals surface area contributed by atoms with Crippen LogP contribution >= 0.6 is 11.6 Å². The SMILES string of the molecule is Cn1nnnc1/C(=N\OCc1nnc(-c2cc(Cl)ccc2Oc2ccc(F)cc2)o1)c1ccccc1. The van der Waals surface area contributed by atoms with E-state index < -0.39 is 0 Å². The van der Waals surface area contributed by atoms with Gasteiger partial charge in [-0.3, -0.25) is 0 Å². The van der Waals surface area contributed by atoms with Crippen LogP contribution in [0.1, 0.15) is 17.3 Å². The van der Waals surface area contributed by atoms with Crippen LogP contribution < -0.4 is 4.74 Å². The van der Waals surface area contributed by atoms with Crippen LogP contribution in [0.5, 0.6) is 11.5 Å². The highest BCUT2D eigenvalue weighted by Gasteiger charge is 2.17. The largest absolute Gasteiger partial charge is 0.457 e. The molecule has 36 heavy (non-hydrogen) atoms. The first-order valence-corrected chi connectivity index (χ1v) is 11.0. The first-order chi connectivity index (χ1) is 17.6. The van der Waals surface area contributed by atoms with Gasteiger partial charge in [-0.15, -0.1) is 15.3 Å². The highest BCUT2D eigenvalue weighted by Crippen LogP contribution is 2.35. The maximum absolute atomic E-state index is 13.2. The molecule has 0 aliphatic carbocycles. The summed E-state index contributed by atoms with van der Waals surface area (Å²) in [5.41, 5.74) is 1.67. The summed E-state index contributed by atoms with van der Waals surface area (Å²) in [5, 5.41) is 24.3. The van der Waals surface area contributed by atoms with Crippen LogP contribution in [0.25, 0.3) is 11.5 Å². The standard InChI is InChI=1S/C24H17ClFN7O3/c1-33-23(28-31-32-33)22(15-5-3-2-4-6-15)30-34-14-21-27-29-24(36-21)19-13-16(25)7-12-20(19)35-18-10-8-17(26)9-11-18/h2-13H,14H2,1H3/b30-22-. The average Bonchev–Trinajstić information content (AvgIpc) is 3.54. The molecule has 0 saturated carbocycles. The van der Waals surface area contributed by atoms with Crippen molar-refractivity contribution in [3.05, 3.63) is 101 Å². The summed E-state index contributed by atoms with van der Waals surface area (Å²) in [4.78, 5) is 5.52. The fourth-order valence-corrected chi connectivity index (χ4v) is 3.38. The summed E-state index contributed by atoms with van der Waals surface area (Å²) in [6.45, 7) is -0.108. The molecule has 180 valence electrons. The maximum atomic E-state index is 13.2. The predicted molar refractivity (Wildman–Crippen MR) is 127 cm³/mol. The van der Waals surface area contributed by atoms with Gasteiger partial charge in [0.25, 0.3) is 11.8 Å². The highest BCUT2D eigenvalue weighted by atomic mass is 35.5. The molecule has 2 aromatic heterocycles. The van der Waals surface area contributed by atoms with E-state index in [1.807, 2.05) is 30.3 Å². The fraction of sp³-hybridized carbons (Fsp3) is 0.0833. The number of oxime groups is 1. The number of tetrazole rings is 1. The molecule has 10 nitrogen and oxygen atoms in total. The fourth-order valence-electron chi connectivity index (χ4n) is 3.21. The molecule has 0 aliphatic heterocycles. The van der Waals surface area contributed by atoms with Crippen molar-refractivity contribution in [1.82, 2.24) is 30.4 Å². The number of hydrogen-bond acceptors (Lipinski definition) is 9. The second-order valence-corrected chi connectivity index (χ2v) is 7.84. The molecule has 0 N–H and O–H groups in total. The molecule has 2 heterocycles. The van der Waals surface area contributed by atoms with Crippen LogP contribution in [0.2, 0.25) is 5.02 Å². The Morgan fingerprint density at radius 3 is 2.58 bits per heavy atom. The lowest BCUT2D eigenvalue weighted by Gasteiger charge is -2.09. The van der Waals surface area contributed by atoms with Gasteiger partial charge in [-0.2, -0.15) is 0 Å². The molecule has 0 spiro atoms. The summed E-state index contributed by atoms with van der Waals surface area (Å²) in [7, 11) is 1.70. The van der Waals surface area contributed by atoms with Crippen LogP contribution in [0.15, 0.2) is 82.4 Å². The first-order valence-electron chi connectivity index (χ1n) is 10.6. The molecule has 3 aromatic carbocycles. The molecule has 0 saturated heterocycles. The predicted octanol–water partition coefficient (Wildman–Crippen LogP) is 4.81. The van der Waals surface area contributed by atoms with Gasteiger partial charge in [-0.1, -0.05) is 47.1 Å². The molecule has 0 fully saturated rings. The molecular formula is C24H17ClFN7O3. The lowest BCUT2D eigenvalue weighted by Crippen LogP contribution is -2.12. The van der Waals surface area contributed by atoms with Gasteiger partial charge < -0.3 is 14.0 Å². The zero-order chi connectivity index (χ0) is 24.9. The van der Waals surface area contributed by atoms with Crippen LogP contribution in [-0.4, -0.2) is 36.1 Å². The minimum absolute atomic E-state index is 0.108. The average molecular weight is 506 g/mol. The monoisotopic (exact) mass is 505 g/mol. The van der Waals surface area contributed by atoms with Crippen LogP contribution in [0.3, 0.4) is 0 Å². The van der Waals surface area contributed by atoms with E-state index in [1.165, 1.54) is 28.9 Å². The Morgan fingerprint density at radius 2 is 1.83 bits per heavy atom. The summed E-state index contributed by atoms with van der Waals surface area (Å²) in [6.07, 6.45) is 0. The molecule has 5 rings (SSSR count). The number of aryl methyl sites for hydroxylation is 1. The first kappa shape index (κ1) is 23.1. The van der Waals surface area contributed by atoms with Gasteiger partial charge in [0, 0.05) is 17.6 Å². The Morgan fingerprint density at radius 1 is 1.03 bits per heavy atom. The maximum Gasteiger partial charge on any atom is 0.257 e. The van der Waals surface area contributed by atoms with E-state index >= 15 is 0 Å². The topological polar surface area (TPSA) is 113 Å². The van der Waals surface area contributed by atoms with Crippen LogP contribution in [0, 0.1) is 5.82 Å². The van der Waals surface area contributed by atoms with Crippen molar-refractivity contribution in [2.45, 2.75) is 6.61 Å². The van der Waals surface area contributed by atoms with Crippen LogP contribution in [0.4, 0.5) is 4.39 Å². The van der Waals surface area contributed by atoms with Gasteiger partial charge in [0.15, 0.2) is 12.3 Å².